The lowest BCUT2D eigenvalue weighted by Gasteiger charge is -2.34. The van der Waals surface area contributed by atoms with Gasteiger partial charge in [0.25, 0.3) is 0 Å². The van der Waals surface area contributed by atoms with Gasteiger partial charge in [0.1, 0.15) is 0 Å². The molecule has 0 aromatic heterocycles. The summed E-state index contributed by atoms with van der Waals surface area (Å²) in [4.78, 5) is 0. The molecule has 1 aromatic rings. The topological polar surface area (TPSA) is 21.3 Å². The molecular formula is C16H23NO. The fraction of sp³-hybridized carbons (Fsp3) is 0.625. The smallest absolute Gasteiger partial charge is 0.0645 e. The first-order chi connectivity index (χ1) is 8.75. The lowest BCUT2D eigenvalue weighted by Crippen LogP contribution is -2.48. The highest BCUT2D eigenvalue weighted by atomic mass is 16.5. The molecule has 2 aliphatic rings. The SMILES string of the molecule is CC1(NCc2cccc(C3CC3)c2)CCCOC1. The first-order valence-corrected chi connectivity index (χ1v) is 7.17. The van der Waals surface area contributed by atoms with Crippen LogP contribution in [0.3, 0.4) is 0 Å². The van der Waals surface area contributed by atoms with E-state index in [0.717, 1.165) is 25.7 Å². The zero-order chi connectivity index (χ0) is 12.4. The van der Waals surface area contributed by atoms with Crippen LogP contribution in [-0.2, 0) is 11.3 Å². The van der Waals surface area contributed by atoms with E-state index in [1.165, 1.54) is 36.8 Å². The zero-order valence-corrected chi connectivity index (χ0v) is 11.2. The Balaban J connectivity index is 1.60. The molecule has 1 saturated carbocycles. The molecule has 1 atom stereocenters. The largest absolute Gasteiger partial charge is 0.380 e. The molecule has 18 heavy (non-hydrogen) atoms. The first kappa shape index (κ1) is 12.2. The van der Waals surface area contributed by atoms with Gasteiger partial charge in [-0.05, 0) is 49.7 Å². The Morgan fingerprint density at radius 1 is 1.39 bits per heavy atom. The summed E-state index contributed by atoms with van der Waals surface area (Å²) in [6.45, 7) is 5.00. The molecule has 1 saturated heterocycles. The maximum absolute atomic E-state index is 5.58. The fourth-order valence-corrected chi connectivity index (χ4v) is 2.76. The minimum atomic E-state index is 0.161. The van der Waals surface area contributed by atoms with Gasteiger partial charge in [-0.3, -0.25) is 0 Å². The molecule has 1 heterocycles. The van der Waals surface area contributed by atoms with Crippen LogP contribution in [0.5, 0.6) is 0 Å². The molecule has 1 N–H and O–H groups in total. The molecule has 1 aliphatic heterocycles. The molecule has 2 heteroatoms. The quantitative estimate of drug-likeness (QED) is 0.879. The van der Waals surface area contributed by atoms with Crippen molar-refractivity contribution in [1.29, 1.82) is 0 Å². The Morgan fingerprint density at radius 3 is 3.00 bits per heavy atom. The van der Waals surface area contributed by atoms with Crippen LogP contribution in [0, 0.1) is 0 Å². The predicted octanol–water partition coefficient (Wildman–Crippen LogP) is 3.22. The number of rotatable bonds is 4. The Kier molecular flexibility index (Phi) is 3.40. The predicted molar refractivity (Wildman–Crippen MR) is 73.7 cm³/mol. The summed E-state index contributed by atoms with van der Waals surface area (Å²) in [5, 5.41) is 3.68. The molecule has 0 spiro atoms. The highest BCUT2D eigenvalue weighted by molar-refractivity contribution is 5.29. The van der Waals surface area contributed by atoms with Gasteiger partial charge in [0.05, 0.1) is 6.61 Å². The third kappa shape index (κ3) is 2.93. The van der Waals surface area contributed by atoms with E-state index in [1.54, 1.807) is 0 Å². The third-order valence-electron chi connectivity index (χ3n) is 4.16. The molecule has 1 aromatic carbocycles. The van der Waals surface area contributed by atoms with E-state index < -0.39 is 0 Å². The minimum absolute atomic E-state index is 0.161. The van der Waals surface area contributed by atoms with Gasteiger partial charge in [0.15, 0.2) is 0 Å². The molecule has 2 nitrogen and oxygen atoms in total. The molecule has 0 bridgehead atoms. The highest BCUT2D eigenvalue weighted by Gasteiger charge is 2.27. The molecule has 1 aliphatic carbocycles. The van der Waals surface area contributed by atoms with Gasteiger partial charge in [0.2, 0.25) is 0 Å². The fourth-order valence-electron chi connectivity index (χ4n) is 2.76. The summed E-state index contributed by atoms with van der Waals surface area (Å²) in [7, 11) is 0. The number of ether oxygens (including phenoxy) is 1. The maximum atomic E-state index is 5.58. The Labute approximate surface area is 110 Å². The molecular weight excluding hydrogens is 222 g/mol. The van der Waals surface area contributed by atoms with Gasteiger partial charge >= 0.3 is 0 Å². The van der Waals surface area contributed by atoms with Crippen LogP contribution in [-0.4, -0.2) is 18.8 Å². The van der Waals surface area contributed by atoms with Crippen LogP contribution < -0.4 is 5.32 Å². The van der Waals surface area contributed by atoms with Gasteiger partial charge in [-0.15, -0.1) is 0 Å². The molecule has 3 rings (SSSR count). The van der Waals surface area contributed by atoms with Gasteiger partial charge in [0, 0.05) is 18.7 Å². The average Bonchev–Trinajstić information content (AvgIpc) is 3.22. The number of hydrogen-bond acceptors (Lipinski definition) is 2. The van der Waals surface area contributed by atoms with E-state index >= 15 is 0 Å². The van der Waals surface area contributed by atoms with Gasteiger partial charge in [-0.1, -0.05) is 24.3 Å². The van der Waals surface area contributed by atoms with E-state index in [1.807, 2.05) is 0 Å². The summed E-state index contributed by atoms with van der Waals surface area (Å²) >= 11 is 0. The van der Waals surface area contributed by atoms with Gasteiger partial charge in [-0.25, -0.2) is 0 Å². The summed E-state index contributed by atoms with van der Waals surface area (Å²) in [6.07, 6.45) is 5.14. The Morgan fingerprint density at radius 2 is 2.28 bits per heavy atom. The van der Waals surface area contributed by atoms with Crippen LogP contribution in [0.25, 0.3) is 0 Å². The van der Waals surface area contributed by atoms with Crippen LogP contribution in [0.4, 0.5) is 0 Å². The van der Waals surface area contributed by atoms with E-state index in [2.05, 4.69) is 36.5 Å². The van der Waals surface area contributed by atoms with E-state index in [0.29, 0.717) is 0 Å². The Hall–Kier alpha value is -0.860. The number of nitrogens with one attached hydrogen (secondary N) is 1. The van der Waals surface area contributed by atoms with Crippen LogP contribution in [0.15, 0.2) is 24.3 Å². The summed E-state index contributed by atoms with van der Waals surface area (Å²) in [5.41, 5.74) is 3.10. The average molecular weight is 245 g/mol. The highest BCUT2D eigenvalue weighted by Crippen LogP contribution is 2.40. The monoisotopic (exact) mass is 245 g/mol. The molecule has 1 unspecified atom stereocenters. The summed E-state index contributed by atoms with van der Waals surface area (Å²) < 4.78 is 5.58. The molecule has 98 valence electrons. The lowest BCUT2D eigenvalue weighted by molar-refractivity contribution is 0.0278. The molecule has 0 amide bonds. The normalized spacial score (nSPS) is 28.3. The van der Waals surface area contributed by atoms with Crippen molar-refractivity contribution in [2.45, 2.75) is 50.6 Å². The van der Waals surface area contributed by atoms with Gasteiger partial charge < -0.3 is 10.1 Å². The van der Waals surface area contributed by atoms with Crippen molar-refractivity contribution in [3.63, 3.8) is 0 Å². The molecule has 2 fully saturated rings. The Bertz CT molecular complexity index is 405. The van der Waals surface area contributed by atoms with Crippen molar-refractivity contribution < 1.29 is 4.74 Å². The van der Waals surface area contributed by atoms with Crippen LogP contribution in [0.2, 0.25) is 0 Å². The minimum Gasteiger partial charge on any atom is -0.380 e. The lowest BCUT2D eigenvalue weighted by atomic mass is 9.94. The third-order valence-corrected chi connectivity index (χ3v) is 4.16. The van der Waals surface area contributed by atoms with E-state index in [4.69, 9.17) is 4.74 Å². The zero-order valence-electron chi connectivity index (χ0n) is 11.2. The standard InChI is InChI=1S/C16H23NO/c1-16(8-3-9-18-12-16)17-11-13-4-2-5-15(10-13)14-6-7-14/h2,4-5,10,14,17H,3,6-9,11-12H2,1H3. The second kappa shape index (κ2) is 5.02. The summed E-state index contributed by atoms with van der Waals surface area (Å²) in [6, 6.07) is 9.07. The number of hydrogen-bond donors (Lipinski definition) is 1. The summed E-state index contributed by atoms with van der Waals surface area (Å²) in [5.74, 6) is 0.846. The van der Waals surface area contributed by atoms with Gasteiger partial charge in [-0.2, -0.15) is 0 Å². The second-order valence-corrected chi connectivity index (χ2v) is 6.09. The van der Waals surface area contributed by atoms with Crippen molar-refractivity contribution >= 4 is 0 Å². The van der Waals surface area contributed by atoms with Crippen molar-refractivity contribution in [2.24, 2.45) is 0 Å². The van der Waals surface area contributed by atoms with Crippen LogP contribution in [0.1, 0.15) is 49.7 Å². The van der Waals surface area contributed by atoms with Crippen molar-refractivity contribution in [1.82, 2.24) is 5.32 Å². The van der Waals surface area contributed by atoms with Crippen molar-refractivity contribution in [3.8, 4) is 0 Å². The van der Waals surface area contributed by atoms with Crippen LogP contribution >= 0.6 is 0 Å². The molecule has 0 radical (unpaired) electrons. The van der Waals surface area contributed by atoms with E-state index in [-0.39, 0.29) is 5.54 Å². The maximum Gasteiger partial charge on any atom is 0.0645 e. The number of benzene rings is 1. The second-order valence-electron chi connectivity index (χ2n) is 6.09. The van der Waals surface area contributed by atoms with Crippen molar-refractivity contribution in [2.75, 3.05) is 13.2 Å². The first-order valence-electron chi connectivity index (χ1n) is 7.17. The van der Waals surface area contributed by atoms with E-state index in [9.17, 15) is 0 Å². The van der Waals surface area contributed by atoms with Crippen molar-refractivity contribution in [3.05, 3.63) is 35.4 Å².